The maximum atomic E-state index is 13.4. The highest BCUT2D eigenvalue weighted by molar-refractivity contribution is 8.05. The number of benzene rings is 2. The molecule has 3 atom stereocenters. The topological polar surface area (TPSA) is 32.3 Å². The number of hydrogen-bond acceptors (Lipinski definition) is 3. The standard InChI is InChI=1S/C24H28N2OS/c1-17-12-14-19(15-13-17)16-22-23(27)26(21-11-7-6-8-18(21)2)24(28-22)25-20-9-4-3-5-10-20/h3-5,9-10,12-16,18,21,24-25H,6-8,11H2,1-2H3/b22-16-/t18-,21-,24?/m1/s1. The Kier molecular flexibility index (Phi) is 5.77. The number of hydrogen-bond donors (Lipinski definition) is 1. The van der Waals surface area contributed by atoms with Crippen molar-refractivity contribution in [2.45, 2.75) is 51.1 Å². The zero-order valence-corrected chi connectivity index (χ0v) is 17.4. The largest absolute Gasteiger partial charge is 0.356 e. The van der Waals surface area contributed by atoms with E-state index in [0.717, 1.165) is 22.6 Å². The summed E-state index contributed by atoms with van der Waals surface area (Å²) < 4.78 is 0. The molecule has 1 aliphatic carbocycles. The molecule has 1 saturated carbocycles. The third-order valence-corrected chi connectivity index (χ3v) is 6.91. The summed E-state index contributed by atoms with van der Waals surface area (Å²) in [6.07, 6.45) is 6.82. The molecule has 146 valence electrons. The highest BCUT2D eigenvalue weighted by Gasteiger charge is 2.42. The van der Waals surface area contributed by atoms with E-state index >= 15 is 0 Å². The van der Waals surface area contributed by atoms with E-state index < -0.39 is 0 Å². The van der Waals surface area contributed by atoms with Crippen LogP contribution >= 0.6 is 11.8 Å². The second kappa shape index (κ2) is 8.44. The monoisotopic (exact) mass is 392 g/mol. The lowest BCUT2D eigenvalue weighted by Gasteiger charge is -2.39. The summed E-state index contributed by atoms with van der Waals surface area (Å²) in [6.45, 7) is 4.38. The van der Waals surface area contributed by atoms with Gasteiger partial charge in [0.1, 0.15) is 0 Å². The van der Waals surface area contributed by atoms with Gasteiger partial charge in [-0.2, -0.15) is 0 Å². The molecule has 2 fully saturated rings. The molecular weight excluding hydrogens is 364 g/mol. The van der Waals surface area contributed by atoms with Gasteiger partial charge in [-0.05, 0) is 49.5 Å². The lowest BCUT2D eigenvalue weighted by atomic mass is 9.85. The molecule has 0 aromatic heterocycles. The van der Waals surface area contributed by atoms with Crippen LogP contribution in [0.1, 0.15) is 43.7 Å². The molecule has 4 rings (SSSR count). The Bertz CT molecular complexity index is 847. The van der Waals surface area contributed by atoms with Crippen LogP contribution in [0.5, 0.6) is 0 Å². The van der Waals surface area contributed by atoms with Gasteiger partial charge in [0.25, 0.3) is 5.91 Å². The van der Waals surface area contributed by atoms with Gasteiger partial charge in [-0.3, -0.25) is 4.79 Å². The Morgan fingerprint density at radius 1 is 1.04 bits per heavy atom. The van der Waals surface area contributed by atoms with Gasteiger partial charge in [0, 0.05) is 11.7 Å². The van der Waals surface area contributed by atoms with E-state index in [1.807, 2.05) is 24.3 Å². The van der Waals surface area contributed by atoms with Gasteiger partial charge in [-0.1, -0.05) is 79.6 Å². The third-order valence-electron chi connectivity index (χ3n) is 5.80. The second-order valence-corrected chi connectivity index (χ2v) is 9.06. The van der Waals surface area contributed by atoms with Crippen LogP contribution in [0.4, 0.5) is 5.69 Å². The van der Waals surface area contributed by atoms with Crippen LogP contribution in [-0.4, -0.2) is 22.3 Å². The first kappa shape index (κ1) is 19.1. The Labute approximate surface area is 172 Å². The number of carbonyl (C=O) groups excluding carboxylic acids is 1. The molecule has 4 heteroatoms. The summed E-state index contributed by atoms with van der Waals surface area (Å²) in [4.78, 5) is 16.4. The average molecular weight is 393 g/mol. The van der Waals surface area contributed by atoms with Crippen LogP contribution in [-0.2, 0) is 4.79 Å². The van der Waals surface area contributed by atoms with E-state index in [0.29, 0.717) is 12.0 Å². The number of thioether (sulfide) groups is 1. The van der Waals surface area contributed by atoms with Crippen molar-refractivity contribution in [3.8, 4) is 0 Å². The maximum Gasteiger partial charge on any atom is 0.262 e. The van der Waals surface area contributed by atoms with Gasteiger partial charge >= 0.3 is 0 Å². The molecule has 3 nitrogen and oxygen atoms in total. The van der Waals surface area contributed by atoms with E-state index in [1.54, 1.807) is 11.8 Å². The molecule has 1 saturated heterocycles. The number of para-hydroxylation sites is 1. The summed E-state index contributed by atoms with van der Waals surface area (Å²) >= 11 is 1.64. The number of aryl methyl sites for hydroxylation is 1. The van der Waals surface area contributed by atoms with Gasteiger partial charge < -0.3 is 10.2 Å². The van der Waals surface area contributed by atoms with Crippen molar-refractivity contribution in [1.82, 2.24) is 4.90 Å². The van der Waals surface area contributed by atoms with Crippen molar-refractivity contribution in [2.24, 2.45) is 5.92 Å². The SMILES string of the molecule is Cc1ccc(/C=C2\SC(Nc3ccccc3)N([C@@H]3CCCC[C@H]3C)C2=O)cc1. The molecule has 28 heavy (non-hydrogen) atoms. The predicted molar refractivity (Wildman–Crippen MR) is 119 cm³/mol. The highest BCUT2D eigenvalue weighted by atomic mass is 32.2. The first-order valence-electron chi connectivity index (χ1n) is 10.2. The average Bonchev–Trinajstić information content (AvgIpc) is 3.00. The first-order chi connectivity index (χ1) is 13.6. The zero-order chi connectivity index (χ0) is 19.5. The van der Waals surface area contributed by atoms with Crippen LogP contribution in [0.3, 0.4) is 0 Å². The van der Waals surface area contributed by atoms with Gasteiger partial charge in [-0.15, -0.1) is 0 Å². The predicted octanol–water partition coefficient (Wildman–Crippen LogP) is 5.89. The Balaban J connectivity index is 1.63. The molecule has 1 unspecified atom stereocenters. The summed E-state index contributed by atoms with van der Waals surface area (Å²) in [5.74, 6) is 0.704. The van der Waals surface area contributed by atoms with E-state index in [2.05, 4.69) is 60.5 Å². The van der Waals surface area contributed by atoms with E-state index in [-0.39, 0.29) is 11.4 Å². The van der Waals surface area contributed by atoms with Crippen molar-refractivity contribution >= 4 is 29.4 Å². The molecule has 1 N–H and O–H groups in total. The number of rotatable bonds is 4. The van der Waals surface area contributed by atoms with Crippen LogP contribution < -0.4 is 5.32 Å². The van der Waals surface area contributed by atoms with Crippen molar-refractivity contribution in [3.05, 3.63) is 70.6 Å². The molecular formula is C24H28N2OS. The Morgan fingerprint density at radius 3 is 2.46 bits per heavy atom. The van der Waals surface area contributed by atoms with Crippen LogP contribution in [0.15, 0.2) is 59.5 Å². The summed E-state index contributed by atoms with van der Waals surface area (Å²) in [6, 6.07) is 18.9. The summed E-state index contributed by atoms with van der Waals surface area (Å²) in [5.41, 5.74) is 3.31. The molecule has 1 amide bonds. The van der Waals surface area contributed by atoms with Gasteiger partial charge in [0.15, 0.2) is 5.50 Å². The third kappa shape index (κ3) is 4.12. The minimum atomic E-state index is -0.0582. The zero-order valence-electron chi connectivity index (χ0n) is 16.6. The molecule has 1 heterocycles. The molecule has 0 bridgehead atoms. The first-order valence-corrected chi connectivity index (χ1v) is 11.1. The molecule has 0 spiro atoms. The van der Waals surface area contributed by atoms with Gasteiger partial charge in [-0.25, -0.2) is 0 Å². The number of nitrogens with one attached hydrogen (secondary N) is 1. The van der Waals surface area contributed by atoms with E-state index in [9.17, 15) is 4.79 Å². The number of amides is 1. The van der Waals surface area contributed by atoms with Crippen LogP contribution in [0.25, 0.3) is 6.08 Å². The van der Waals surface area contributed by atoms with Crippen molar-refractivity contribution < 1.29 is 4.79 Å². The number of carbonyl (C=O) groups is 1. The Morgan fingerprint density at radius 2 is 1.75 bits per heavy atom. The minimum Gasteiger partial charge on any atom is -0.356 e. The maximum absolute atomic E-state index is 13.4. The smallest absolute Gasteiger partial charge is 0.262 e. The molecule has 0 radical (unpaired) electrons. The normalized spacial score (nSPS) is 26.6. The fourth-order valence-electron chi connectivity index (χ4n) is 4.18. The number of nitrogens with zero attached hydrogens (tertiary/aromatic N) is 1. The second-order valence-electron chi connectivity index (χ2n) is 7.94. The molecule has 2 aliphatic rings. The Hall–Kier alpha value is -2.20. The molecule has 1 aliphatic heterocycles. The van der Waals surface area contributed by atoms with E-state index in [4.69, 9.17) is 0 Å². The number of anilines is 1. The fraction of sp³-hybridized carbons (Fsp3) is 0.375. The van der Waals surface area contributed by atoms with Crippen LogP contribution in [0.2, 0.25) is 0 Å². The molecule has 2 aromatic rings. The van der Waals surface area contributed by atoms with Crippen molar-refractivity contribution in [2.75, 3.05) is 5.32 Å². The minimum absolute atomic E-state index is 0.0582. The lowest BCUT2D eigenvalue weighted by molar-refractivity contribution is -0.129. The lowest BCUT2D eigenvalue weighted by Crippen LogP contribution is -2.48. The van der Waals surface area contributed by atoms with Gasteiger partial charge in [0.2, 0.25) is 0 Å². The fourth-order valence-corrected chi connectivity index (χ4v) is 5.39. The summed E-state index contributed by atoms with van der Waals surface area (Å²) in [5, 5.41) is 3.59. The molecule has 2 aromatic carbocycles. The van der Waals surface area contributed by atoms with Crippen LogP contribution in [0, 0.1) is 12.8 Å². The van der Waals surface area contributed by atoms with E-state index in [1.165, 1.54) is 24.8 Å². The summed E-state index contributed by atoms with van der Waals surface area (Å²) in [7, 11) is 0. The van der Waals surface area contributed by atoms with Crippen molar-refractivity contribution in [3.63, 3.8) is 0 Å². The van der Waals surface area contributed by atoms with Gasteiger partial charge in [0.05, 0.1) is 4.91 Å². The highest BCUT2D eigenvalue weighted by Crippen LogP contribution is 2.42. The van der Waals surface area contributed by atoms with Crippen molar-refractivity contribution in [1.29, 1.82) is 0 Å². The quantitative estimate of drug-likeness (QED) is 0.659.